The number of Topliss-reactive ketones (excluding diaryl/α,β-unsaturated/α-hetero) is 1. The zero-order chi connectivity index (χ0) is 10.1. The molecule has 0 aromatic carbocycles. The summed E-state index contributed by atoms with van der Waals surface area (Å²) in [6.45, 7) is 1.97. The van der Waals surface area contributed by atoms with E-state index in [1.54, 1.807) is 7.11 Å². The Kier molecular flexibility index (Phi) is 7.33. The fraction of sp³-hybridized carbons (Fsp3) is 0.727. The van der Waals surface area contributed by atoms with Crippen molar-refractivity contribution in [1.29, 1.82) is 0 Å². The molecule has 0 fully saturated rings. The lowest BCUT2D eigenvalue weighted by molar-refractivity contribution is -0.119. The third-order valence-electron chi connectivity index (χ3n) is 2.01. The molecule has 0 aromatic rings. The van der Waals surface area contributed by atoms with Gasteiger partial charge in [-0.3, -0.25) is 4.79 Å². The highest BCUT2D eigenvalue weighted by molar-refractivity contribution is 5.78. The Morgan fingerprint density at radius 2 is 2.23 bits per heavy atom. The van der Waals surface area contributed by atoms with Gasteiger partial charge >= 0.3 is 0 Å². The predicted octanol–water partition coefficient (Wildman–Crippen LogP) is 2.17. The third kappa shape index (κ3) is 7.55. The Labute approximate surface area is 80.7 Å². The maximum atomic E-state index is 11.2. The number of hydrogen-bond acceptors (Lipinski definition) is 2. The zero-order valence-electron chi connectivity index (χ0n) is 8.51. The lowest BCUT2D eigenvalue weighted by Gasteiger charge is -2.07. The first-order valence-corrected chi connectivity index (χ1v) is 4.68. The van der Waals surface area contributed by atoms with E-state index >= 15 is 0 Å². The molecule has 0 saturated carbocycles. The lowest BCUT2D eigenvalue weighted by atomic mass is 10.1. The Bertz CT molecular complexity index is 179. The topological polar surface area (TPSA) is 26.3 Å². The highest BCUT2D eigenvalue weighted by atomic mass is 16.5. The van der Waals surface area contributed by atoms with Crippen LogP contribution in [-0.2, 0) is 9.53 Å². The lowest BCUT2D eigenvalue weighted by Crippen LogP contribution is -2.08. The summed E-state index contributed by atoms with van der Waals surface area (Å²) < 4.78 is 5.04. The minimum atomic E-state index is 0.177. The monoisotopic (exact) mass is 182 g/mol. The zero-order valence-corrected chi connectivity index (χ0v) is 8.51. The molecule has 0 aliphatic carbocycles. The summed E-state index contributed by atoms with van der Waals surface area (Å²) in [6.07, 6.45) is 8.80. The quantitative estimate of drug-likeness (QED) is 0.445. The van der Waals surface area contributed by atoms with E-state index in [-0.39, 0.29) is 6.10 Å². The van der Waals surface area contributed by atoms with Crippen molar-refractivity contribution < 1.29 is 9.53 Å². The molecule has 2 nitrogen and oxygen atoms in total. The molecule has 74 valence electrons. The van der Waals surface area contributed by atoms with Gasteiger partial charge in [0.1, 0.15) is 5.78 Å². The average Bonchev–Trinajstić information content (AvgIpc) is 2.14. The van der Waals surface area contributed by atoms with Crippen molar-refractivity contribution in [2.75, 3.05) is 7.11 Å². The van der Waals surface area contributed by atoms with Crippen LogP contribution in [0.25, 0.3) is 0 Å². The van der Waals surface area contributed by atoms with Crippen molar-refractivity contribution in [3.05, 3.63) is 0 Å². The van der Waals surface area contributed by atoms with Gasteiger partial charge in [0.25, 0.3) is 0 Å². The first kappa shape index (κ1) is 12.2. The van der Waals surface area contributed by atoms with E-state index in [0.29, 0.717) is 25.0 Å². The number of carbonyl (C=O) groups excluding carboxylic acids is 1. The normalized spacial score (nSPS) is 12.1. The molecular formula is C11H18O2. The Balaban J connectivity index is 3.36. The van der Waals surface area contributed by atoms with E-state index in [1.165, 1.54) is 0 Å². The van der Waals surface area contributed by atoms with E-state index in [1.807, 2.05) is 6.92 Å². The van der Waals surface area contributed by atoms with Crippen LogP contribution < -0.4 is 0 Å². The summed E-state index contributed by atoms with van der Waals surface area (Å²) in [6, 6.07) is 0. The van der Waals surface area contributed by atoms with Gasteiger partial charge < -0.3 is 4.74 Å². The molecule has 13 heavy (non-hydrogen) atoms. The van der Waals surface area contributed by atoms with Crippen LogP contribution >= 0.6 is 0 Å². The molecule has 0 spiro atoms. The molecule has 0 aliphatic rings. The Morgan fingerprint density at radius 3 is 2.77 bits per heavy atom. The minimum Gasteiger partial charge on any atom is -0.382 e. The van der Waals surface area contributed by atoms with Crippen LogP contribution in [0.2, 0.25) is 0 Å². The van der Waals surface area contributed by atoms with Gasteiger partial charge in [0, 0.05) is 26.4 Å². The summed E-state index contributed by atoms with van der Waals surface area (Å²) >= 11 is 0. The number of methoxy groups -OCH3 is 1. The molecule has 0 bridgehead atoms. The molecule has 1 atom stereocenters. The standard InChI is InChI=1S/C11H18O2/c1-4-5-6-7-11(12)9-8-10(2)13-3/h1,10H,5-9H2,2-3H3. The molecule has 0 rings (SSSR count). The number of terminal acetylenes is 1. The fourth-order valence-electron chi connectivity index (χ4n) is 0.995. The SMILES string of the molecule is C#CCCCC(=O)CCC(C)OC. The van der Waals surface area contributed by atoms with Crippen LogP contribution in [0.4, 0.5) is 0 Å². The Morgan fingerprint density at radius 1 is 1.54 bits per heavy atom. The summed E-state index contributed by atoms with van der Waals surface area (Å²) in [5, 5.41) is 0. The van der Waals surface area contributed by atoms with Gasteiger partial charge in [-0.1, -0.05) is 0 Å². The number of carbonyl (C=O) groups is 1. The van der Waals surface area contributed by atoms with Crippen LogP contribution in [0, 0.1) is 12.3 Å². The van der Waals surface area contributed by atoms with Crippen molar-refractivity contribution in [3.8, 4) is 12.3 Å². The second-order valence-corrected chi connectivity index (χ2v) is 3.18. The first-order valence-electron chi connectivity index (χ1n) is 4.68. The number of hydrogen-bond donors (Lipinski definition) is 0. The van der Waals surface area contributed by atoms with E-state index < -0.39 is 0 Å². The van der Waals surface area contributed by atoms with Crippen molar-refractivity contribution in [3.63, 3.8) is 0 Å². The summed E-state index contributed by atoms with van der Waals surface area (Å²) in [5.41, 5.74) is 0. The first-order chi connectivity index (χ1) is 6.20. The largest absolute Gasteiger partial charge is 0.382 e. The van der Waals surface area contributed by atoms with Gasteiger partial charge in [-0.2, -0.15) is 0 Å². The van der Waals surface area contributed by atoms with E-state index in [9.17, 15) is 4.79 Å². The van der Waals surface area contributed by atoms with Gasteiger partial charge in [-0.05, 0) is 19.8 Å². The highest BCUT2D eigenvalue weighted by Gasteiger charge is 2.04. The maximum Gasteiger partial charge on any atom is 0.133 e. The van der Waals surface area contributed by atoms with Gasteiger partial charge in [0.05, 0.1) is 6.10 Å². The van der Waals surface area contributed by atoms with Crippen molar-refractivity contribution >= 4 is 5.78 Å². The van der Waals surface area contributed by atoms with E-state index in [4.69, 9.17) is 11.2 Å². The van der Waals surface area contributed by atoms with Crippen molar-refractivity contribution in [2.45, 2.75) is 45.1 Å². The summed E-state index contributed by atoms with van der Waals surface area (Å²) in [5.74, 6) is 2.81. The number of ketones is 1. The predicted molar refractivity (Wildman–Crippen MR) is 53.4 cm³/mol. The molecule has 1 unspecified atom stereocenters. The van der Waals surface area contributed by atoms with Crippen LogP contribution in [-0.4, -0.2) is 19.0 Å². The summed E-state index contributed by atoms with van der Waals surface area (Å²) in [4.78, 5) is 11.2. The van der Waals surface area contributed by atoms with Crippen LogP contribution in [0.15, 0.2) is 0 Å². The average molecular weight is 182 g/mol. The van der Waals surface area contributed by atoms with Crippen LogP contribution in [0.5, 0.6) is 0 Å². The second kappa shape index (κ2) is 7.82. The smallest absolute Gasteiger partial charge is 0.133 e. The van der Waals surface area contributed by atoms with E-state index in [0.717, 1.165) is 12.8 Å². The van der Waals surface area contributed by atoms with Crippen molar-refractivity contribution in [2.24, 2.45) is 0 Å². The highest BCUT2D eigenvalue weighted by Crippen LogP contribution is 2.05. The molecule has 0 aliphatic heterocycles. The van der Waals surface area contributed by atoms with Gasteiger partial charge in [0.2, 0.25) is 0 Å². The number of unbranched alkanes of at least 4 members (excludes halogenated alkanes) is 1. The molecule has 0 amide bonds. The van der Waals surface area contributed by atoms with Crippen LogP contribution in [0.1, 0.15) is 39.0 Å². The minimum absolute atomic E-state index is 0.177. The second-order valence-electron chi connectivity index (χ2n) is 3.18. The van der Waals surface area contributed by atoms with E-state index in [2.05, 4.69) is 5.92 Å². The van der Waals surface area contributed by atoms with Gasteiger partial charge in [-0.15, -0.1) is 12.3 Å². The van der Waals surface area contributed by atoms with Gasteiger partial charge in [-0.25, -0.2) is 0 Å². The third-order valence-corrected chi connectivity index (χ3v) is 2.01. The molecule has 0 N–H and O–H groups in total. The van der Waals surface area contributed by atoms with Crippen molar-refractivity contribution in [1.82, 2.24) is 0 Å². The molecule has 0 saturated heterocycles. The molecule has 2 heteroatoms. The van der Waals surface area contributed by atoms with Gasteiger partial charge in [0.15, 0.2) is 0 Å². The number of rotatable bonds is 7. The molecular weight excluding hydrogens is 164 g/mol. The molecule has 0 heterocycles. The van der Waals surface area contributed by atoms with Crippen LogP contribution in [0.3, 0.4) is 0 Å². The summed E-state index contributed by atoms with van der Waals surface area (Å²) in [7, 11) is 1.66. The number of ether oxygens (including phenoxy) is 1. The maximum absolute atomic E-state index is 11.2. The fourth-order valence-corrected chi connectivity index (χ4v) is 0.995. The molecule has 0 aromatic heterocycles. The molecule has 0 radical (unpaired) electrons. The Hall–Kier alpha value is -0.810.